The Bertz CT molecular complexity index is 882. The first-order valence-electron chi connectivity index (χ1n) is 8.73. The van der Waals surface area contributed by atoms with Crippen LogP contribution in [0.2, 0.25) is 0 Å². The average Bonchev–Trinajstić information content (AvgIpc) is 2.68. The fourth-order valence-corrected chi connectivity index (χ4v) is 3.13. The van der Waals surface area contributed by atoms with E-state index in [0.717, 1.165) is 6.21 Å². The van der Waals surface area contributed by atoms with Crippen LogP contribution in [0.3, 0.4) is 0 Å². The van der Waals surface area contributed by atoms with E-state index in [4.69, 9.17) is 5.73 Å². The Morgan fingerprint density at radius 3 is 2.46 bits per heavy atom. The lowest BCUT2D eigenvalue weighted by Gasteiger charge is -2.36. The first-order chi connectivity index (χ1) is 13.5. The SMILES string of the molecule is NC(=S)NN=Cc1ccc(N2CCN(Cc3ccccc3F)CC2)c(F)c1F. The second kappa shape index (κ2) is 9.03. The van der Waals surface area contributed by atoms with Gasteiger partial charge in [-0.05, 0) is 30.4 Å². The van der Waals surface area contributed by atoms with Crippen LogP contribution in [-0.4, -0.2) is 42.4 Å². The van der Waals surface area contributed by atoms with Crippen molar-refractivity contribution in [3.63, 3.8) is 0 Å². The van der Waals surface area contributed by atoms with Gasteiger partial charge in [0, 0.05) is 43.9 Å². The fraction of sp³-hybridized carbons (Fsp3) is 0.263. The number of benzene rings is 2. The van der Waals surface area contributed by atoms with E-state index >= 15 is 0 Å². The molecule has 0 aromatic heterocycles. The molecule has 0 spiro atoms. The molecule has 0 amide bonds. The molecule has 1 fully saturated rings. The highest BCUT2D eigenvalue weighted by molar-refractivity contribution is 7.80. The van der Waals surface area contributed by atoms with Gasteiger partial charge >= 0.3 is 0 Å². The standard InChI is InChI=1S/C19H20F3N5S/c20-15-4-2-1-3-14(15)12-26-7-9-27(10-8-26)16-6-5-13(17(21)18(16)22)11-24-25-19(23)28/h1-6,11H,7-10,12H2,(H3,23,25,28). The minimum Gasteiger partial charge on any atom is -0.375 e. The Morgan fingerprint density at radius 1 is 1.07 bits per heavy atom. The lowest BCUT2D eigenvalue weighted by Crippen LogP contribution is -2.46. The van der Waals surface area contributed by atoms with Gasteiger partial charge in [-0.1, -0.05) is 18.2 Å². The molecule has 28 heavy (non-hydrogen) atoms. The topological polar surface area (TPSA) is 56.9 Å². The summed E-state index contributed by atoms with van der Waals surface area (Å²) in [7, 11) is 0. The second-order valence-corrected chi connectivity index (χ2v) is 6.83. The van der Waals surface area contributed by atoms with Gasteiger partial charge in [0.2, 0.25) is 0 Å². The largest absolute Gasteiger partial charge is 0.375 e. The first kappa shape index (κ1) is 20.1. The third-order valence-electron chi connectivity index (χ3n) is 4.53. The van der Waals surface area contributed by atoms with E-state index in [9.17, 15) is 13.2 Å². The molecule has 0 saturated carbocycles. The van der Waals surface area contributed by atoms with Crippen molar-refractivity contribution >= 4 is 29.2 Å². The van der Waals surface area contributed by atoms with Crippen molar-refractivity contribution in [2.24, 2.45) is 10.8 Å². The van der Waals surface area contributed by atoms with E-state index in [1.54, 1.807) is 23.1 Å². The summed E-state index contributed by atoms with van der Waals surface area (Å²) in [6.07, 6.45) is 1.12. The molecular formula is C19H20F3N5S. The number of nitrogens with one attached hydrogen (secondary N) is 1. The van der Waals surface area contributed by atoms with E-state index in [1.165, 1.54) is 18.2 Å². The van der Waals surface area contributed by atoms with E-state index < -0.39 is 11.6 Å². The summed E-state index contributed by atoms with van der Waals surface area (Å²) in [4.78, 5) is 3.87. The van der Waals surface area contributed by atoms with Gasteiger partial charge in [0.25, 0.3) is 0 Å². The van der Waals surface area contributed by atoms with Crippen molar-refractivity contribution in [3.8, 4) is 0 Å². The van der Waals surface area contributed by atoms with Crippen LogP contribution in [0.1, 0.15) is 11.1 Å². The maximum atomic E-state index is 14.5. The summed E-state index contributed by atoms with van der Waals surface area (Å²) < 4.78 is 42.6. The summed E-state index contributed by atoms with van der Waals surface area (Å²) >= 11 is 4.59. The summed E-state index contributed by atoms with van der Waals surface area (Å²) in [6.45, 7) is 2.76. The van der Waals surface area contributed by atoms with Crippen molar-refractivity contribution in [2.45, 2.75) is 6.54 Å². The molecule has 5 nitrogen and oxygen atoms in total. The van der Waals surface area contributed by atoms with Gasteiger partial charge < -0.3 is 10.6 Å². The Kier molecular flexibility index (Phi) is 6.48. The zero-order valence-electron chi connectivity index (χ0n) is 15.0. The number of anilines is 1. The minimum absolute atomic E-state index is 0.0109. The molecule has 0 radical (unpaired) electrons. The summed E-state index contributed by atoms with van der Waals surface area (Å²) in [5, 5.41) is 3.58. The molecule has 148 valence electrons. The molecule has 9 heteroatoms. The van der Waals surface area contributed by atoms with Gasteiger partial charge in [-0.3, -0.25) is 10.3 Å². The Morgan fingerprint density at radius 2 is 1.79 bits per heavy atom. The Labute approximate surface area is 166 Å². The number of thiocarbonyl (C=S) groups is 1. The highest BCUT2D eigenvalue weighted by Crippen LogP contribution is 2.25. The van der Waals surface area contributed by atoms with Crippen LogP contribution in [0.25, 0.3) is 0 Å². The molecule has 2 aromatic rings. The lowest BCUT2D eigenvalue weighted by atomic mass is 10.1. The molecule has 1 heterocycles. The van der Waals surface area contributed by atoms with Gasteiger partial charge in [-0.25, -0.2) is 13.2 Å². The number of halogens is 3. The second-order valence-electron chi connectivity index (χ2n) is 6.39. The van der Waals surface area contributed by atoms with Crippen molar-refractivity contribution in [2.75, 3.05) is 31.1 Å². The molecule has 0 bridgehead atoms. The molecule has 1 saturated heterocycles. The molecule has 1 aliphatic heterocycles. The van der Waals surface area contributed by atoms with Gasteiger partial charge in [0.1, 0.15) is 5.82 Å². The lowest BCUT2D eigenvalue weighted by molar-refractivity contribution is 0.246. The number of hydrogen-bond acceptors (Lipinski definition) is 4. The summed E-state index contributed by atoms with van der Waals surface area (Å²) in [5.41, 5.74) is 8.33. The van der Waals surface area contributed by atoms with E-state index in [2.05, 4.69) is 27.6 Å². The quantitative estimate of drug-likeness (QED) is 0.453. The number of hydrazone groups is 1. The molecule has 0 atom stereocenters. The van der Waals surface area contributed by atoms with Gasteiger partial charge in [-0.2, -0.15) is 5.10 Å². The van der Waals surface area contributed by atoms with Gasteiger partial charge in [0.05, 0.1) is 11.9 Å². The highest BCUT2D eigenvalue weighted by atomic mass is 32.1. The van der Waals surface area contributed by atoms with E-state index in [0.29, 0.717) is 38.3 Å². The fourth-order valence-electron chi connectivity index (χ4n) is 3.08. The zero-order valence-corrected chi connectivity index (χ0v) is 15.9. The van der Waals surface area contributed by atoms with Crippen LogP contribution >= 0.6 is 12.2 Å². The van der Waals surface area contributed by atoms with Gasteiger partial charge in [-0.15, -0.1) is 0 Å². The molecular weight excluding hydrogens is 387 g/mol. The van der Waals surface area contributed by atoms with Crippen LogP contribution in [0, 0.1) is 17.5 Å². The predicted octanol–water partition coefficient (Wildman–Crippen LogP) is 2.59. The summed E-state index contributed by atoms with van der Waals surface area (Å²) in [5.74, 6) is -2.15. The highest BCUT2D eigenvalue weighted by Gasteiger charge is 2.22. The van der Waals surface area contributed by atoms with Crippen molar-refractivity contribution < 1.29 is 13.2 Å². The zero-order chi connectivity index (χ0) is 20.1. The van der Waals surface area contributed by atoms with Gasteiger partial charge in [0.15, 0.2) is 16.7 Å². The first-order valence-corrected chi connectivity index (χ1v) is 9.13. The Hall–Kier alpha value is -2.65. The van der Waals surface area contributed by atoms with Crippen LogP contribution in [0.15, 0.2) is 41.5 Å². The molecule has 0 unspecified atom stereocenters. The third-order valence-corrected chi connectivity index (χ3v) is 4.63. The van der Waals surface area contributed by atoms with Crippen molar-refractivity contribution in [1.29, 1.82) is 0 Å². The molecule has 2 aromatic carbocycles. The van der Waals surface area contributed by atoms with Crippen molar-refractivity contribution in [1.82, 2.24) is 10.3 Å². The smallest absolute Gasteiger partial charge is 0.184 e. The number of hydrogen-bond donors (Lipinski definition) is 2. The monoisotopic (exact) mass is 407 g/mol. The molecule has 1 aliphatic rings. The number of piperazine rings is 1. The number of nitrogens with zero attached hydrogens (tertiary/aromatic N) is 3. The number of nitrogens with two attached hydrogens (primary N) is 1. The Balaban J connectivity index is 1.64. The minimum atomic E-state index is -0.986. The molecule has 3 rings (SSSR count). The van der Waals surface area contributed by atoms with Crippen LogP contribution < -0.4 is 16.1 Å². The predicted molar refractivity (Wildman–Crippen MR) is 108 cm³/mol. The normalized spacial score (nSPS) is 15.2. The molecule has 0 aliphatic carbocycles. The van der Waals surface area contributed by atoms with Crippen LogP contribution in [-0.2, 0) is 6.54 Å². The van der Waals surface area contributed by atoms with Crippen molar-refractivity contribution in [3.05, 3.63) is 65.0 Å². The summed E-state index contributed by atoms with van der Waals surface area (Å²) in [6, 6.07) is 9.61. The average molecular weight is 407 g/mol. The third kappa shape index (κ3) is 4.79. The maximum Gasteiger partial charge on any atom is 0.184 e. The maximum absolute atomic E-state index is 14.5. The molecule has 3 N–H and O–H groups in total. The van der Waals surface area contributed by atoms with Crippen LogP contribution in [0.5, 0.6) is 0 Å². The number of rotatable bonds is 5. The van der Waals surface area contributed by atoms with E-state index in [1.807, 2.05) is 0 Å². The van der Waals surface area contributed by atoms with Crippen LogP contribution in [0.4, 0.5) is 18.9 Å². The van der Waals surface area contributed by atoms with E-state index in [-0.39, 0.29) is 22.2 Å².